The first-order valence-corrected chi connectivity index (χ1v) is 16.3. The number of aromatic hydroxyl groups is 2. The van der Waals surface area contributed by atoms with Crippen LogP contribution in [0, 0.1) is 0 Å². The first-order chi connectivity index (χ1) is 20.8. The summed E-state index contributed by atoms with van der Waals surface area (Å²) in [4.78, 5) is 49.2. The Bertz CT molecular complexity index is 1110. The third-order valence-corrected chi connectivity index (χ3v) is 7.89. The smallest absolute Gasteiger partial charge is 0.273 e. The highest BCUT2D eigenvalue weighted by molar-refractivity contribution is 7.99. The monoisotopic (exact) mass is 614 g/mol. The quantitative estimate of drug-likeness (QED) is 0.101. The van der Waals surface area contributed by atoms with Crippen molar-refractivity contribution in [1.82, 2.24) is 21.7 Å². The summed E-state index contributed by atoms with van der Waals surface area (Å²) in [5.74, 6) is -1.31. The minimum atomic E-state index is -0.598. The van der Waals surface area contributed by atoms with Crippen LogP contribution in [0.5, 0.6) is 11.5 Å². The van der Waals surface area contributed by atoms with Gasteiger partial charge in [0.05, 0.1) is 11.1 Å². The van der Waals surface area contributed by atoms with Crippen molar-refractivity contribution in [2.45, 2.75) is 90.9 Å². The Hall–Kier alpha value is -3.73. The molecular formula is C32H46N4O6S. The molecule has 0 unspecified atom stereocenters. The lowest BCUT2D eigenvalue weighted by molar-refractivity contribution is -0.122. The first kappa shape index (κ1) is 35.5. The van der Waals surface area contributed by atoms with E-state index in [1.165, 1.54) is 23.9 Å². The molecule has 0 aliphatic rings. The van der Waals surface area contributed by atoms with Gasteiger partial charge in [-0.05, 0) is 48.9 Å². The summed E-state index contributed by atoms with van der Waals surface area (Å²) in [7, 11) is 0. The van der Waals surface area contributed by atoms with Crippen LogP contribution in [0.3, 0.4) is 0 Å². The highest BCUT2D eigenvalue weighted by Gasteiger charge is 2.16. The van der Waals surface area contributed by atoms with Crippen molar-refractivity contribution >= 4 is 35.4 Å². The maximum atomic E-state index is 12.5. The van der Waals surface area contributed by atoms with E-state index in [2.05, 4.69) is 35.6 Å². The van der Waals surface area contributed by atoms with Crippen LogP contribution in [-0.2, 0) is 22.4 Å². The van der Waals surface area contributed by atoms with E-state index in [1.807, 2.05) is 0 Å². The zero-order valence-corrected chi connectivity index (χ0v) is 26.1. The molecule has 236 valence electrons. The van der Waals surface area contributed by atoms with E-state index in [9.17, 15) is 29.4 Å². The number of hydrazine groups is 2. The number of hydrogen-bond acceptors (Lipinski definition) is 7. The van der Waals surface area contributed by atoms with Crippen LogP contribution in [0.2, 0.25) is 0 Å². The highest BCUT2D eigenvalue weighted by Crippen LogP contribution is 2.25. The number of benzene rings is 2. The van der Waals surface area contributed by atoms with Gasteiger partial charge in [0.2, 0.25) is 11.8 Å². The van der Waals surface area contributed by atoms with Crippen LogP contribution in [0.1, 0.15) is 110 Å². The summed E-state index contributed by atoms with van der Waals surface area (Å²) in [6.07, 6.45) is 10.0. The SMILES string of the molecule is CCCCCCc1cccc(C(=O)NNC(=O)CCSCCC(=O)NNC(=O)c2cccc(CCCCCC)c2O)c1O. The van der Waals surface area contributed by atoms with Crippen LogP contribution >= 0.6 is 11.8 Å². The van der Waals surface area contributed by atoms with Gasteiger partial charge in [-0.15, -0.1) is 0 Å². The van der Waals surface area contributed by atoms with Crippen molar-refractivity contribution < 1.29 is 29.4 Å². The third kappa shape index (κ3) is 13.0. The molecule has 10 nitrogen and oxygen atoms in total. The molecule has 2 aromatic carbocycles. The summed E-state index contributed by atoms with van der Waals surface area (Å²) in [6.45, 7) is 4.26. The third-order valence-electron chi connectivity index (χ3n) is 6.91. The lowest BCUT2D eigenvalue weighted by atomic mass is 10.0. The maximum Gasteiger partial charge on any atom is 0.273 e. The number of phenolic OH excluding ortho intramolecular Hbond substituents is 2. The number of phenols is 2. The van der Waals surface area contributed by atoms with Crippen LogP contribution in [0.4, 0.5) is 0 Å². The number of hydrogen-bond donors (Lipinski definition) is 6. The van der Waals surface area contributed by atoms with Crippen LogP contribution < -0.4 is 21.7 Å². The minimum absolute atomic E-state index is 0.0705. The summed E-state index contributed by atoms with van der Waals surface area (Å²) in [5, 5.41) is 21.0. The van der Waals surface area contributed by atoms with Gasteiger partial charge in [0, 0.05) is 24.3 Å². The molecule has 2 aromatic rings. The Labute approximate surface area is 258 Å². The molecule has 4 amide bonds. The van der Waals surface area contributed by atoms with Crippen molar-refractivity contribution in [3.63, 3.8) is 0 Å². The number of rotatable bonds is 18. The molecular weight excluding hydrogens is 568 g/mol. The summed E-state index contributed by atoms with van der Waals surface area (Å²) in [6, 6.07) is 10.0. The van der Waals surface area contributed by atoms with Gasteiger partial charge in [0.15, 0.2) is 0 Å². The average Bonchev–Trinajstić information content (AvgIpc) is 3.00. The molecule has 11 heteroatoms. The second-order valence-electron chi connectivity index (χ2n) is 10.4. The summed E-state index contributed by atoms with van der Waals surface area (Å²) in [5.41, 5.74) is 11.0. The number of unbranched alkanes of at least 4 members (excludes halogenated alkanes) is 6. The molecule has 6 N–H and O–H groups in total. The molecule has 0 aromatic heterocycles. The molecule has 0 heterocycles. The standard InChI is InChI=1S/C32H46N4O6S/c1-3-5-7-9-13-23-15-11-17-25(29(23)39)31(41)35-33-27(37)19-21-43-22-20-28(38)34-36-32(42)26-18-12-16-24(30(26)40)14-10-8-6-4-2/h11-12,15-18,39-40H,3-10,13-14,19-22H2,1-2H3,(H,33,37)(H,34,38)(H,35,41)(H,36,42). The van der Waals surface area contributed by atoms with Crippen LogP contribution in [0.25, 0.3) is 0 Å². The molecule has 0 spiro atoms. The normalized spacial score (nSPS) is 10.7. The second-order valence-corrected chi connectivity index (χ2v) is 11.6. The molecule has 0 saturated carbocycles. The summed E-state index contributed by atoms with van der Waals surface area (Å²) < 4.78 is 0. The zero-order chi connectivity index (χ0) is 31.5. The van der Waals surface area contributed by atoms with Gasteiger partial charge in [-0.1, -0.05) is 76.6 Å². The molecule has 43 heavy (non-hydrogen) atoms. The van der Waals surface area contributed by atoms with Gasteiger partial charge in [0.1, 0.15) is 11.5 Å². The Morgan fingerprint density at radius 1 is 0.605 bits per heavy atom. The number of para-hydroxylation sites is 2. The number of carbonyl (C=O) groups is 4. The minimum Gasteiger partial charge on any atom is -0.507 e. The van der Waals surface area contributed by atoms with E-state index in [0.29, 0.717) is 35.5 Å². The number of thioether (sulfide) groups is 1. The predicted octanol–water partition coefficient (Wildman–Crippen LogP) is 5.08. The van der Waals surface area contributed by atoms with Crippen molar-refractivity contribution in [3.05, 3.63) is 58.7 Å². The molecule has 0 atom stereocenters. The van der Waals surface area contributed by atoms with Gasteiger partial charge in [-0.2, -0.15) is 11.8 Å². The number of aryl methyl sites for hydroxylation is 2. The predicted molar refractivity (Wildman–Crippen MR) is 170 cm³/mol. The summed E-state index contributed by atoms with van der Waals surface area (Å²) >= 11 is 1.37. The Morgan fingerprint density at radius 2 is 1.02 bits per heavy atom. The Kier molecular flexibility index (Phi) is 16.7. The van der Waals surface area contributed by atoms with Crippen molar-refractivity contribution in [3.8, 4) is 11.5 Å². The number of nitrogens with one attached hydrogen (secondary N) is 4. The van der Waals surface area contributed by atoms with Gasteiger partial charge in [-0.3, -0.25) is 40.9 Å². The molecule has 0 bridgehead atoms. The van der Waals surface area contributed by atoms with E-state index >= 15 is 0 Å². The lowest BCUT2D eigenvalue weighted by Crippen LogP contribution is -2.42. The lowest BCUT2D eigenvalue weighted by Gasteiger charge is -2.12. The van der Waals surface area contributed by atoms with E-state index in [-0.39, 0.29) is 35.5 Å². The average molecular weight is 615 g/mol. The Balaban J connectivity index is 1.64. The number of carbonyl (C=O) groups excluding carboxylic acids is 4. The van der Waals surface area contributed by atoms with Crippen molar-refractivity contribution in [2.75, 3.05) is 11.5 Å². The van der Waals surface area contributed by atoms with Crippen molar-refractivity contribution in [1.29, 1.82) is 0 Å². The van der Waals surface area contributed by atoms with E-state index in [0.717, 1.165) is 51.4 Å². The molecule has 0 saturated heterocycles. The number of amides is 4. The van der Waals surface area contributed by atoms with Gasteiger partial charge >= 0.3 is 0 Å². The highest BCUT2D eigenvalue weighted by atomic mass is 32.2. The van der Waals surface area contributed by atoms with Crippen LogP contribution in [-0.4, -0.2) is 45.3 Å². The van der Waals surface area contributed by atoms with Crippen LogP contribution in [0.15, 0.2) is 36.4 Å². The Morgan fingerprint density at radius 3 is 1.42 bits per heavy atom. The van der Waals surface area contributed by atoms with E-state index in [4.69, 9.17) is 0 Å². The van der Waals surface area contributed by atoms with Gasteiger partial charge < -0.3 is 10.2 Å². The zero-order valence-electron chi connectivity index (χ0n) is 25.3. The molecule has 0 fully saturated rings. The molecule has 0 aliphatic heterocycles. The fourth-order valence-electron chi connectivity index (χ4n) is 4.38. The van der Waals surface area contributed by atoms with E-state index in [1.54, 1.807) is 24.3 Å². The molecule has 2 rings (SSSR count). The maximum absolute atomic E-state index is 12.5. The van der Waals surface area contributed by atoms with Gasteiger partial charge in [-0.25, -0.2) is 0 Å². The largest absolute Gasteiger partial charge is 0.507 e. The van der Waals surface area contributed by atoms with Crippen molar-refractivity contribution in [2.24, 2.45) is 0 Å². The first-order valence-electron chi connectivity index (χ1n) is 15.2. The van der Waals surface area contributed by atoms with E-state index < -0.39 is 23.6 Å². The second kappa shape index (κ2) is 20.2. The molecule has 0 radical (unpaired) electrons. The fourth-order valence-corrected chi connectivity index (χ4v) is 5.25. The van der Waals surface area contributed by atoms with Gasteiger partial charge in [0.25, 0.3) is 11.8 Å². The molecule has 0 aliphatic carbocycles. The fraction of sp³-hybridized carbons (Fsp3) is 0.500. The topological polar surface area (TPSA) is 157 Å².